The molecule has 1 N–H and O–H groups in total. The first-order chi connectivity index (χ1) is 14.9. The number of aromatic nitrogens is 2. The molecule has 0 spiro atoms. The van der Waals surface area contributed by atoms with Gasteiger partial charge >= 0.3 is 10.1 Å². The van der Waals surface area contributed by atoms with Crippen LogP contribution in [-0.2, 0) is 29.6 Å². The fraction of sp³-hybridized carbons (Fsp3) is 0.286. The van der Waals surface area contributed by atoms with E-state index in [2.05, 4.69) is 5.10 Å². The Hall–Kier alpha value is -2.46. The summed E-state index contributed by atoms with van der Waals surface area (Å²) in [6.45, 7) is 1.17. The van der Waals surface area contributed by atoms with Crippen LogP contribution in [0.5, 0.6) is 5.88 Å². The quantitative estimate of drug-likeness (QED) is 0.540. The van der Waals surface area contributed by atoms with E-state index in [4.69, 9.17) is 15.8 Å². The summed E-state index contributed by atoms with van der Waals surface area (Å²) in [4.78, 5) is 1.97. The predicted molar refractivity (Wildman–Crippen MR) is 114 cm³/mol. The van der Waals surface area contributed by atoms with Gasteiger partial charge in [0.15, 0.2) is 0 Å². The maximum atomic E-state index is 14.4. The molecule has 2 heterocycles. The maximum Gasteiger partial charge on any atom is 0.311 e. The number of para-hydroxylation sites is 1. The molecule has 0 aliphatic carbocycles. The molecule has 164 valence electrons. The first kappa shape index (κ1) is 21.8. The Labute approximate surface area is 184 Å². The molecule has 10 heteroatoms. The molecule has 1 aliphatic rings. The molecule has 1 aliphatic heterocycles. The van der Waals surface area contributed by atoms with Crippen molar-refractivity contribution in [2.45, 2.75) is 19.5 Å². The number of rotatable bonds is 7. The van der Waals surface area contributed by atoms with Gasteiger partial charge < -0.3 is 9.29 Å². The zero-order valence-electron chi connectivity index (χ0n) is 16.5. The van der Waals surface area contributed by atoms with Gasteiger partial charge in [-0.1, -0.05) is 35.9 Å². The normalized spacial score (nSPS) is 15.0. The van der Waals surface area contributed by atoms with Gasteiger partial charge in [0.25, 0.3) is 0 Å². The fourth-order valence-electron chi connectivity index (χ4n) is 3.53. The Morgan fingerprint density at radius 3 is 2.61 bits per heavy atom. The Bertz CT molecular complexity index is 1180. The van der Waals surface area contributed by atoms with Gasteiger partial charge in [0.2, 0.25) is 5.88 Å². The van der Waals surface area contributed by atoms with Crippen LogP contribution in [0.3, 0.4) is 0 Å². The van der Waals surface area contributed by atoms with E-state index in [1.165, 1.54) is 16.8 Å². The molecule has 2 aromatic carbocycles. The lowest BCUT2D eigenvalue weighted by Gasteiger charge is -2.21. The number of hydrogen-bond donors (Lipinski definition) is 1. The minimum absolute atomic E-state index is 0.0155. The van der Waals surface area contributed by atoms with Crippen LogP contribution in [0.15, 0.2) is 48.5 Å². The summed E-state index contributed by atoms with van der Waals surface area (Å²) in [5.41, 5.74) is 2.31. The van der Waals surface area contributed by atoms with Crippen LogP contribution in [0.2, 0.25) is 5.02 Å². The van der Waals surface area contributed by atoms with E-state index in [9.17, 15) is 17.9 Å². The Morgan fingerprint density at radius 2 is 1.90 bits per heavy atom. The van der Waals surface area contributed by atoms with Crippen molar-refractivity contribution in [3.8, 4) is 11.6 Å². The molecule has 0 fully saturated rings. The van der Waals surface area contributed by atoms with Crippen molar-refractivity contribution < 1.29 is 22.1 Å². The van der Waals surface area contributed by atoms with Crippen LogP contribution in [0, 0.1) is 5.82 Å². The summed E-state index contributed by atoms with van der Waals surface area (Å²) in [5.74, 6) is -0.700. The van der Waals surface area contributed by atoms with Crippen LogP contribution in [0.25, 0.3) is 5.69 Å². The van der Waals surface area contributed by atoms with Crippen LogP contribution >= 0.6 is 11.6 Å². The first-order valence-corrected chi connectivity index (χ1v) is 11.7. The molecule has 0 saturated carbocycles. The Kier molecular flexibility index (Phi) is 6.29. The highest BCUT2D eigenvalue weighted by atomic mass is 35.5. The minimum Gasteiger partial charge on any atom is -0.395 e. The van der Waals surface area contributed by atoms with E-state index >= 15 is 0 Å². The van der Waals surface area contributed by atoms with Crippen LogP contribution in [-0.4, -0.2) is 47.1 Å². The van der Waals surface area contributed by atoms with E-state index in [-0.39, 0.29) is 30.3 Å². The topological polar surface area (TPSA) is 84.7 Å². The highest BCUT2D eigenvalue weighted by Gasteiger charge is 2.32. The van der Waals surface area contributed by atoms with Crippen molar-refractivity contribution in [1.82, 2.24) is 14.7 Å². The maximum absolute atomic E-state index is 14.4. The van der Waals surface area contributed by atoms with E-state index < -0.39 is 15.9 Å². The van der Waals surface area contributed by atoms with Crippen molar-refractivity contribution in [3.05, 3.63) is 76.2 Å². The predicted octanol–water partition coefficient (Wildman–Crippen LogP) is 2.92. The standard InChI is InChI=1S/C21H21ClFN3O4S/c22-16-7-5-15(6-8-16)13-25(10-11-27)14-19-17-9-12-31(28,29)30-21(17)26(24-19)20-4-2-1-3-18(20)23/h1-8,27H,9-14H2. The lowest BCUT2D eigenvalue weighted by atomic mass is 10.1. The zero-order valence-corrected chi connectivity index (χ0v) is 18.1. The van der Waals surface area contributed by atoms with E-state index in [0.717, 1.165) is 5.56 Å². The van der Waals surface area contributed by atoms with Gasteiger partial charge in [-0.15, -0.1) is 0 Å². The molecular weight excluding hydrogens is 445 g/mol. The molecule has 0 unspecified atom stereocenters. The average Bonchev–Trinajstić information content (AvgIpc) is 3.06. The van der Waals surface area contributed by atoms with E-state index in [1.807, 2.05) is 17.0 Å². The second-order valence-corrected chi connectivity index (χ2v) is 9.38. The lowest BCUT2D eigenvalue weighted by molar-refractivity contribution is 0.182. The van der Waals surface area contributed by atoms with Crippen molar-refractivity contribution in [2.75, 3.05) is 18.9 Å². The highest BCUT2D eigenvalue weighted by Crippen LogP contribution is 2.33. The number of nitrogens with zero attached hydrogens (tertiary/aromatic N) is 3. The smallest absolute Gasteiger partial charge is 0.311 e. The monoisotopic (exact) mass is 465 g/mol. The van der Waals surface area contributed by atoms with Gasteiger partial charge in [-0.05, 0) is 36.2 Å². The number of aliphatic hydroxyl groups excluding tert-OH is 1. The van der Waals surface area contributed by atoms with Gasteiger partial charge in [-0.2, -0.15) is 18.2 Å². The summed E-state index contributed by atoms with van der Waals surface area (Å²) >= 11 is 5.96. The van der Waals surface area contributed by atoms with Crippen LogP contribution < -0.4 is 4.18 Å². The molecule has 0 radical (unpaired) electrons. The summed E-state index contributed by atoms with van der Waals surface area (Å²) in [7, 11) is -3.77. The van der Waals surface area contributed by atoms with Gasteiger partial charge in [0.05, 0.1) is 18.1 Å². The molecule has 0 bridgehead atoms. The van der Waals surface area contributed by atoms with Crippen molar-refractivity contribution in [2.24, 2.45) is 0 Å². The van der Waals surface area contributed by atoms with Crippen molar-refractivity contribution in [1.29, 1.82) is 0 Å². The summed E-state index contributed by atoms with van der Waals surface area (Å²) in [5, 5.41) is 14.7. The molecule has 1 aromatic heterocycles. The Balaban J connectivity index is 1.70. The second kappa shape index (κ2) is 8.96. The molecule has 0 saturated heterocycles. The lowest BCUT2D eigenvalue weighted by Crippen LogP contribution is -2.27. The SMILES string of the molecule is O=S1(=O)CCc2c(CN(CCO)Cc3ccc(Cl)cc3)nn(-c3ccccc3F)c2O1. The summed E-state index contributed by atoms with van der Waals surface area (Å²) < 4.78 is 45.0. The fourth-order valence-corrected chi connectivity index (χ4v) is 4.61. The Morgan fingerprint density at radius 1 is 1.16 bits per heavy atom. The molecule has 31 heavy (non-hydrogen) atoms. The third-order valence-electron chi connectivity index (χ3n) is 5.02. The van der Waals surface area contributed by atoms with E-state index in [1.54, 1.807) is 24.3 Å². The zero-order chi connectivity index (χ0) is 22.0. The summed E-state index contributed by atoms with van der Waals surface area (Å²) in [6.07, 6.45) is 0.218. The van der Waals surface area contributed by atoms with E-state index in [0.29, 0.717) is 35.9 Å². The average molecular weight is 466 g/mol. The number of fused-ring (bicyclic) bond motifs is 1. The molecule has 0 amide bonds. The van der Waals surface area contributed by atoms with Crippen molar-refractivity contribution in [3.63, 3.8) is 0 Å². The first-order valence-electron chi connectivity index (χ1n) is 9.72. The number of halogens is 2. The number of aliphatic hydroxyl groups is 1. The third kappa shape index (κ3) is 4.90. The van der Waals surface area contributed by atoms with Crippen molar-refractivity contribution >= 4 is 21.7 Å². The molecule has 4 rings (SSSR count). The largest absolute Gasteiger partial charge is 0.395 e. The number of benzene rings is 2. The molecule has 7 nitrogen and oxygen atoms in total. The van der Waals surface area contributed by atoms with Crippen LogP contribution in [0.1, 0.15) is 16.8 Å². The number of hydrogen-bond acceptors (Lipinski definition) is 6. The third-order valence-corrected chi connectivity index (χ3v) is 6.39. The highest BCUT2D eigenvalue weighted by molar-refractivity contribution is 7.87. The van der Waals surface area contributed by atoms with Gasteiger partial charge in [0, 0.05) is 30.2 Å². The van der Waals surface area contributed by atoms with Gasteiger partial charge in [-0.3, -0.25) is 4.90 Å². The minimum atomic E-state index is -3.77. The molecule has 3 aromatic rings. The van der Waals surface area contributed by atoms with Gasteiger partial charge in [-0.25, -0.2) is 4.39 Å². The molecular formula is C21H21ClFN3O4S. The summed E-state index contributed by atoms with van der Waals surface area (Å²) in [6, 6.07) is 13.4. The van der Waals surface area contributed by atoms with Gasteiger partial charge in [0.1, 0.15) is 11.5 Å². The molecule has 0 atom stereocenters. The van der Waals surface area contributed by atoms with Crippen LogP contribution in [0.4, 0.5) is 4.39 Å². The second-order valence-electron chi connectivity index (χ2n) is 7.25.